The Labute approximate surface area is 175 Å². The summed E-state index contributed by atoms with van der Waals surface area (Å²) < 4.78 is 5.00. The number of rotatable bonds is 9. The van der Waals surface area contributed by atoms with E-state index < -0.39 is 17.9 Å². The van der Waals surface area contributed by atoms with Crippen molar-refractivity contribution in [2.45, 2.75) is 25.8 Å². The lowest BCUT2D eigenvalue weighted by Gasteiger charge is -2.18. The minimum absolute atomic E-state index is 0.0213. The lowest BCUT2D eigenvalue weighted by atomic mass is 9.99. The fraction of sp³-hybridized carbons (Fsp3) is 0.227. The van der Waals surface area contributed by atoms with Gasteiger partial charge in [-0.2, -0.15) is 0 Å². The van der Waals surface area contributed by atoms with Gasteiger partial charge in [-0.1, -0.05) is 48.0 Å². The average Bonchev–Trinajstić information content (AvgIpc) is 2.68. The lowest BCUT2D eigenvalue weighted by molar-refractivity contribution is -0.143. The van der Waals surface area contributed by atoms with Crippen LogP contribution in [0.3, 0.4) is 0 Å². The van der Waals surface area contributed by atoms with E-state index in [2.05, 4.69) is 5.32 Å². The maximum Gasteiger partial charge on any atom is 0.307 e. The molecule has 152 valence electrons. The molecule has 0 heterocycles. The van der Waals surface area contributed by atoms with Crippen LogP contribution in [-0.4, -0.2) is 30.7 Å². The van der Waals surface area contributed by atoms with Crippen LogP contribution in [-0.2, 0) is 20.7 Å². The summed E-state index contributed by atoms with van der Waals surface area (Å²) in [6, 6.07) is 14.9. The Morgan fingerprint density at radius 3 is 2.55 bits per heavy atom. The third-order valence-corrected chi connectivity index (χ3v) is 4.41. The number of amides is 1. The van der Waals surface area contributed by atoms with Crippen molar-refractivity contribution < 1.29 is 14.3 Å². The Morgan fingerprint density at radius 1 is 1.21 bits per heavy atom. The molecule has 4 N–H and O–H groups in total. The van der Waals surface area contributed by atoms with Crippen LogP contribution in [0.15, 0.2) is 60.3 Å². The summed E-state index contributed by atoms with van der Waals surface area (Å²) in [5, 5.41) is 10.4. The molecule has 0 aliphatic heterocycles. The van der Waals surface area contributed by atoms with Crippen molar-refractivity contribution >= 4 is 29.7 Å². The van der Waals surface area contributed by atoms with Gasteiger partial charge in [0, 0.05) is 17.3 Å². The average molecular weight is 414 g/mol. The van der Waals surface area contributed by atoms with E-state index in [-0.39, 0.29) is 18.7 Å². The highest BCUT2D eigenvalue weighted by Crippen LogP contribution is 2.23. The zero-order chi connectivity index (χ0) is 21.2. The summed E-state index contributed by atoms with van der Waals surface area (Å²) in [5.74, 6) is -0.929. The molecule has 0 aromatic heterocycles. The van der Waals surface area contributed by atoms with Gasteiger partial charge in [0.2, 0.25) is 0 Å². The Kier molecular flexibility index (Phi) is 8.43. The summed E-state index contributed by atoms with van der Waals surface area (Å²) in [7, 11) is 0. The molecular formula is C22H24ClN3O3. The highest BCUT2D eigenvalue weighted by molar-refractivity contribution is 6.30. The van der Waals surface area contributed by atoms with Crippen molar-refractivity contribution in [2.24, 2.45) is 5.73 Å². The number of hydrogen-bond acceptors (Lipinski definition) is 5. The molecule has 2 aromatic rings. The molecule has 29 heavy (non-hydrogen) atoms. The molecule has 0 aliphatic carbocycles. The lowest BCUT2D eigenvalue weighted by Crippen LogP contribution is -2.40. The third-order valence-electron chi connectivity index (χ3n) is 4.17. The SMILES string of the molecule is CCOC(=O)C[C@@H](Cc1ccc(-c2cccc(Cl)c2)cc1)NC(=O)/C(N)=C/C=N. The fourth-order valence-electron chi connectivity index (χ4n) is 2.82. The van der Waals surface area contributed by atoms with E-state index in [0.29, 0.717) is 11.4 Å². The third kappa shape index (κ3) is 7.08. The maximum absolute atomic E-state index is 12.2. The normalized spacial score (nSPS) is 12.1. The molecule has 0 fully saturated rings. The summed E-state index contributed by atoms with van der Waals surface area (Å²) in [6.07, 6.45) is 2.58. The number of nitrogens with one attached hydrogen (secondary N) is 2. The maximum atomic E-state index is 12.2. The topological polar surface area (TPSA) is 105 Å². The van der Waals surface area contributed by atoms with Crippen LogP contribution in [0.5, 0.6) is 0 Å². The van der Waals surface area contributed by atoms with Gasteiger partial charge in [0.05, 0.1) is 18.7 Å². The van der Waals surface area contributed by atoms with Crippen LogP contribution in [0.25, 0.3) is 11.1 Å². The molecule has 0 spiro atoms. The number of hydrogen-bond donors (Lipinski definition) is 3. The van der Waals surface area contributed by atoms with Gasteiger partial charge >= 0.3 is 5.97 Å². The molecule has 0 bridgehead atoms. The molecule has 0 saturated heterocycles. The molecule has 0 saturated carbocycles. The summed E-state index contributed by atoms with van der Waals surface area (Å²) >= 11 is 6.05. The standard InChI is InChI=1S/C22H24ClN3O3/c1-2-29-21(27)14-19(26-22(28)20(25)10-11-24)12-15-6-8-16(9-7-15)17-4-3-5-18(23)13-17/h3-11,13,19,24H,2,12,14,25H2,1H3,(H,26,28)/b20-10-,24-11?/t19-/m1/s1. The molecule has 7 heteroatoms. The van der Waals surface area contributed by atoms with E-state index in [4.69, 9.17) is 27.5 Å². The smallest absolute Gasteiger partial charge is 0.307 e. The zero-order valence-corrected chi connectivity index (χ0v) is 16.9. The molecule has 1 amide bonds. The van der Waals surface area contributed by atoms with Crippen LogP contribution in [0.2, 0.25) is 5.02 Å². The van der Waals surface area contributed by atoms with E-state index in [9.17, 15) is 9.59 Å². The summed E-state index contributed by atoms with van der Waals surface area (Å²) in [5.41, 5.74) is 8.50. The van der Waals surface area contributed by atoms with Gasteiger partial charge in [0.1, 0.15) is 0 Å². The largest absolute Gasteiger partial charge is 0.466 e. The molecule has 1 atom stereocenters. The number of nitrogens with two attached hydrogens (primary N) is 1. The van der Waals surface area contributed by atoms with E-state index in [1.807, 2.05) is 48.5 Å². The molecule has 2 aromatic carbocycles. The predicted molar refractivity (Wildman–Crippen MR) is 115 cm³/mol. The van der Waals surface area contributed by atoms with Crippen molar-refractivity contribution in [1.29, 1.82) is 5.41 Å². The number of esters is 1. The van der Waals surface area contributed by atoms with Crippen molar-refractivity contribution in [3.8, 4) is 11.1 Å². The summed E-state index contributed by atoms with van der Waals surface area (Å²) in [4.78, 5) is 24.1. The van der Waals surface area contributed by atoms with E-state index in [0.717, 1.165) is 22.9 Å². The Hall–Kier alpha value is -3.12. The first-order valence-electron chi connectivity index (χ1n) is 9.20. The van der Waals surface area contributed by atoms with Gasteiger partial charge in [-0.3, -0.25) is 9.59 Å². The number of carbonyl (C=O) groups excluding carboxylic acids is 2. The first-order valence-corrected chi connectivity index (χ1v) is 9.58. The Morgan fingerprint density at radius 2 is 1.93 bits per heavy atom. The van der Waals surface area contributed by atoms with Gasteiger partial charge in [-0.15, -0.1) is 0 Å². The van der Waals surface area contributed by atoms with Crippen molar-refractivity contribution in [2.75, 3.05) is 6.61 Å². The van der Waals surface area contributed by atoms with Crippen LogP contribution in [0.4, 0.5) is 0 Å². The van der Waals surface area contributed by atoms with Crippen LogP contribution >= 0.6 is 11.6 Å². The minimum Gasteiger partial charge on any atom is -0.466 e. The second-order valence-corrected chi connectivity index (χ2v) is 6.82. The molecule has 0 aliphatic rings. The van der Waals surface area contributed by atoms with Gasteiger partial charge < -0.3 is 21.2 Å². The molecular weight excluding hydrogens is 390 g/mol. The number of carbonyl (C=O) groups is 2. The monoisotopic (exact) mass is 413 g/mol. The molecule has 0 radical (unpaired) electrons. The van der Waals surface area contributed by atoms with Gasteiger partial charge in [-0.05, 0) is 48.2 Å². The highest BCUT2D eigenvalue weighted by atomic mass is 35.5. The van der Waals surface area contributed by atoms with Crippen molar-refractivity contribution in [3.05, 3.63) is 70.9 Å². The van der Waals surface area contributed by atoms with Crippen LogP contribution in [0.1, 0.15) is 18.9 Å². The minimum atomic E-state index is -0.529. The van der Waals surface area contributed by atoms with Gasteiger partial charge in [0.25, 0.3) is 5.91 Å². The number of ether oxygens (including phenoxy) is 1. The quantitative estimate of drug-likeness (QED) is 0.332. The summed E-state index contributed by atoms with van der Waals surface area (Å²) in [6.45, 7) is 1.99. The van der Waals surface area contributed by atoms with E-state index in [1.54, 1.807) is 6.92 Å². The second-order valence-electron chi connectivity index (χ2n) is 6.38. The molecule has 6 nitrogen and oxygen atoms in total. The van der Waals surface area contributed by atoms with Gasteiger partial charge in [-0.25, -0.2) is 0 Å². The fourth-order valence-corrected chi connectivity index (χ4v) is 3.01. The molecule has 2 rings (SSSR count). The van der Waals surface area contributed by atoms with E-state index >= 15 is 0 Å². The highest BCUT2D eigenvalue weighted by Gasteiger charge is 2.19. The second kappa shape index (κ2) is 11.0. The number of allylic oxidation sites excluding steroid dienone is 1. The van der Waals surface area contributed by atoms with Crippen molar-refractivity contribution in [1.82, 2.24) is 5.32 Å². The Balaban J connectivity index is 2.14. The van der Waals surface area contributed by atoms with Crippen molar-refractivity contribution in [3.63, 3.8) is 0 Å². The Bertz CT molecular complexity index is 894. The first-order chi connectivity index (χ1) is 13.9. The first kappa shape index (κ1) is 22.2. The zero-order valence-electron chi connectivity index (χ0n) is 16.2. The van der Waals surface area contributed by atoms with Gasteiger partial charge in [0.15, 0.2) is 0 Å². The van der Waals surface area contributed by atoms with Crippen LogP contribution < -0.4 is 11.1 Å². The van der Waals surface area contributed by atoms with Crippen LogP contribution in [0, 0.1) is 5.41 Å². The predicted octanol–water partition coefficient (Wildman–Crippen LogP) is 3.48. The number of benzene rings is 2. The number of halogens is 1. The van der Waals surface area contributed by atoms with E-state index in [1.165, 1.54) is 6.08 Å². The molecule has 0 unspecified atom stereocenters.